The molecule has 1 aliphatic heterocycles. The van der Waals surface area contributed by atoms with E-state index in [4.69, 9.17) is 9.97 Å². The summed E-state index contributed by atoms with van der Waals surface area (Å²) >= 11 is 3.28. The first kappa shape index (κ1) is 18.8. The smallest absolute Gasteiger partial charge is 0.172 e. The fourth-order valence-corrected chi connectivity index (χ4v) is 4.17. The second-order valence-electron chi connectivity index (χ2n) is 7.81. The summed E-state index contributed by atoms with van der Waals surface area (Å²) < 4.78 is 14.0. The number of hydrogen-bond acceptors (Lipinski definition) is 5. The normalized spacial score (nSPS) is 17.7. The van der Waals surface area contributed by atoms with E-state index in [2.05, 4.69) is 31.0 Å². The SMILES string of the molecule is Fc1ccc(CN2CCN(c3nc4ccccc4nc3NC3CC3)CC2)cc1Br. The van der Waals surface area contributed by atoms with Crippen molar-refractivity contribution >= 4 is 38.6 Å². The molecule has 1 aliphatic carbocycles. The van der Waals surface area contributed by atoms with Gasteiger partial charge in [-0.3, -0.25) is 4.90 Å². The van der Waals surface area contributed by atoms with Crippen molar-refractivity contribution < 1.29 is 4.39 Å². The quantitative estimate of drug-likeness (QED) is 0.616. The Hall–Kier alpha value is -2.25. The molecule has 2 aliphatic rings. The van der Waals surface area contributed by atoms with Crippen molar-refractivity contribution in [2.75, 3.05) is 36.4 Å². The molecule has 2 fully saturated rings. The first-order valence-electron chi connectivity index (χ1n) is 10.1. The Kier molecular flexibility index (Phi) is 5.09. The van der Waals surface area contributed by atoms with E-state index >= 15 is 0 Å². The number of anilines is 2. The molecule has 1 aromatic heterocycles. The lowest BCUT2D eigenvalue weighted by Gasteiger charge is -2.36. The van der Waals surface area contributed by atoms with Crippen LogP contribution >= 0.6 is 15.9 Å². The van der Waals surface area contributed by atoms with Gasteiger partial charge in [-0.15, -0.1) is 0 Å². The van der Waals surface area contributed by atoms with Crippen LogP contribution < -0.4 is 10.2 Å². The number of nitrogens with one attached hydrogen (secondary N) is 1. The van der Waals surface area contributed by atoms with Crippen molar-refractivity contribution in [3.05, 3.63) is 58.3 Å². The number of para-hydroxylation sites is 2. The summed E-state index contributed by atoms with van der Waals surface area (Å²) in [6.07, 6.45) is 2.41. The maximum atomic E-state index is 13.5. The summed E-state index contributed by atoms with van der Waals surface area (Å²) in [5.41, 5.74) is 2.98. The molecule has 0 amide bonds. The number of piperazine rings is 1. The highest BCUT2D eigenvalue weighted by molar-refractivity contribution is 9.10. The maximum Gasteiger partial charge on any atom is 0.172 e. The van der Waals surface area contributed by atoms with Crippen molar-refractivity contribution in [3.8, 4) is 0 Å². The molecule has 0 atom stereocenters. The lowest BCUT2D eigenvalue weighted by Crippen LogP contribution is -2.46. The van der Waals surface area contributed by atoms with E-state index in [9.17, 15) is 4.39 Å². The van der Waals surface area contributed by atoms with Crippen LogP contribution in [0.1, 0.15) is 18.4 Å². The van der Waals surface area contributed by atoms with Crippen LogP contribution in [0.15, 0.2) is 46.9 Å². The van der Waals surface area contributed by atoms with Gasteiger partial charge in [-0.1, -0.05) is 18.2 Å². The molecule has 2 aromatic carbocycles. The number of aromatic nitrogens is 2. The molecule has 1 saturated carbocycles. The van der Waals surface area contributed by atoms with E-state index in [1.54, 1.807) is 0 Å². The topological polar surface area (TPSA) is 44.3 Å². The molecule has 2 heterocycles. The summed E-state index contributed by atoms with van der Waals surface area (Å²) in [4.78, 5) is 14.5. The van der Waals surface area contributed by atoms with Crippen molar-refractivity contribution in [2.24, 2.45) is 0 Å². The Morgan fingerprint density at radius 1 is 1.00 bits per heavy atom. The fraction of sp³-hybridized carbons (Fsp3) is 0.364. The van der Waals surface area contributed by atoms with Gasteiger partial charge in [0.05, 0.1) is 15.5 Å². The van der Waals surface area contributed by atoms with Crippen LogP contribution in [0.2, 0.25) is 0 Å². The largest absolute Gasteiger partial charge is 0.364 e. The van der Waals surface area contributed by atoms with E-state index < -0.39 is 0 Å². The van der Waals surface area contributed by atoms with Gasteiger partial charge in [-0.2, -0.15) is 0 Å². The van der Waals surface area contributed by atoms with Crippen molar-refractivity contribution in [2.45, 2.75) is 25.4 Å². The lowest BCUT2D eigenvalue weighted by atomic mass is 10.2. The molecular weight excluding hydrogens is 433 g/mol. The summed E-state index contributed by atoms with van der Waals surface area (Å²) in [5, 5.41) is 3.57. The number of nitrogens with zero attached hydrogens (tertiary/aromatic N) is 4. The van der Waals surface area contributed by atoms with Crippen LogP contribution in [-0.2, 0) is 6.54 Å². The minimum Gasteiger partial charge on any atom is -0.364 e. The Labute approximate surface area is 178 Å². The first-order chi connectivity index (χ1) is 14.2. The van der Waals surface area contributed by atoms with E-state index in [1.807, 2.05) is 36.4 Å². The van der Waals surface area contributed by atoms with Gasteiger partial charge in [-0.25, -0.2) is 14.4 Å². The van der Waals surface area contributed by atoms with E-state index in [0.717, 1.165) is 61.0 Å². The van der Waals surface area contributed by atoms with Crippen molar-refractivity contribution in [1.29, 1.82) is 0 Å². The molecule has 0 spiro atoms. The van der Waals surface area contributed by atoms with Gasteiger partial charge >= 0.3 is 0 Å². The second kappa shape index (κ2) is 7.88. The molecule has 150 valence electrons. The molecule has 5 rings (SSSR count). The second-order valence-corrected chi connectivity index (χ2v) is 8.67. The molecule has 29 heavy (non-hydrogen) atoms. The molecular formula is C22H23BrFN5. The highest BCUT2D eigenvalue weighted by Gasteiger charge is 2.26. The van der Waals surface area contributed by atoms with Crippen LogP contribution in [-0.4, -0.2) is 47.1 Å². The van der Waals surface area contributed by atoms with Gasteiger partial charge in [0.25, 0.3) is 0 Å². The van der Waals surface area contributed by atoms with Crippen LogP contribution in [0.4, 0.5) is 16.0 Å². The average Bonchev–Trinajstić information content (AvgIpc) is 3.55. The Bertz CT molecular complexity index is 1030. The third-order valence-electron chi connectivity index (χ3n) is 5.53. The zero-order chi connectivity index (χ0) is 19.8. The third kappa shape index (κ3) is 4.21. The zero-order valence-corrected chi connectivity index (χ0v) is 17.7. The molecule has 5 nitrogen and oxygen atoms in total. The molecule has 0 unspecified atom stereocenters. The first-order valence-corrected chi connectivity index (χ1v) is 10.9. The molecule has 0 bridgehead atoms. The highest BCUT2D eigenvalue weighted by Crippen LogP contribution is 2.31. The summed E-state index contributed by atoms with van der Waals surface area (Å²) in [6, 6.07) is 13.8. The standard InChI is InChI=1S/C22H23BrFN5/c23-17-13-15(5-8-18(17)24)14-28-9-11-29(12-10-28)22-21(25-16-6-7-16)26-19-3-1-2-4-20(19)27-22/h1-5,8,13,16H,6-7,9-12,14H2,(H,25,26). The monoisotopic (exact) mass is 455 g/mol. The van der Waals surface area contributed by atoms with Gasteiger partial charge in [0.1, 0.15) is 5.82 Å². The van der Waals surface area contributed by atoms with Crippen LogP contribution in [0.3, 0.4) is 0 Å². The highest BCUT2D eigenvalue weighted by atomic mass is 79.9. The maximum absolute atomic E-state index is 13.5. The Balaban J connectivity index is 1.32. The summed E-state index contributed by atoms with van der Waals surface area (Å²) in [6.45, 7) is 4.49. The molecule has 7 heteroatoms. The molecule has 1 saturated heterocycles. The van der Waals surface area contributed by atoms with Crippen molar-refractivity contribution in [1.82, 2.24) is 14.9 Å². The van der Waals surface area contributed by atoms with Crippen LogP contribution in [0.25, 0.3) is 11.0 Å². The number of benzene rings is 2. The van der Waals surface area contributed by atoms with Gasteiger partial charge in [0.15, 0.2) is 11.6 Å². The van der Waals surface area contributed by atoms with Gasteiger partial charge < -0.3 is 10.2 Å². The lowest BCUT2D eigenvalue weighted by molar-refractivity contribution is 0.249. The Morgan fingerprint density at radius 2 is 1.72 bits per heavy atom. The van der Waals surface area contributed by atoms with Crippen molar-refractivity contribution in [3.63, 3.8) is 0 Å². The predicted molar refractivity (Wildman–Crippen MR) is 118 cm³/mol. The molecule has 1 N–H and O–H groups in total. The van der Waals surface area contributed by atoms with E-state index in [0.29, 0.717) is 10.5 Å². The minimum absolute atomic E-state index is 0.218. The molecule has 3 aromatic rings. The Morgan fingerprint density at radius 3 is 2.41 bits per heavy atom. The number of rotatable bonds is 5. The summed E-state index contributed by atoms with van der Waals surface area (Å²) in [7, 11) is 0. The van der Waals surface area contributed by atoms with Crippen LogP contribution in [0.5, 0.6) is 0 Å². The van der Waals surface area contributed by atoms with Gasteiger partial charge in [0, 0.05) is 38.8 Å². The zero-order valence-electron chi connectivity index (χ0n) is 16.1. The molecule has 0 radical (unpaired) electrons. The van der Waals surface area contributed by atoms with Gasteiger partial charge in [0.2, 0.25) is 0 Å². The van der Waals surface area contributed by atoms with E-state index in [1.165, 1.54) is 18.9 Å². The number of hydrogen-bond donors (Lipinski definition) is 1. The predicted octanol–water partition coefficient (Wildman–Crippen LogP) is 4.43. The van der Waals surface area contributed by atoms with Gasteiger partial charge in [-0.05, 0) is 58.6 Å². The van der Waals surface area contributed by atoms with E-state index in [-0.39, 0.29) is 5.82 Å². The third-order valence-corrected chi connectivity index (χ3v) is 6.14. The number of fused-ring (bicyclic) bond motifs is 1. The fourth-order valence-electron chi connectivity index (χ4n) is 3.74. The summed E-state index contributed by atoms with van der Waals surface area (Å²) in [5.74, 6) is 1.64. The average molecular weight is 456 g/mol. The van der Waals surface area contributed by atoms with Crippen LogP contribution in [0, 0.1) is 5.82 Å². The number of halogens is 2. The minimum atomic E-state index is -0.218.